The summed E-state index contributed by atoms with van der Waals surface area (Å²) in [6.45, 7) is 6.84. The molecule has 1 unspecified atom stereocenters. The zero-order valence-corrected chi connectivity index (χ0v) is 17.2. The van der Waals surface area contributed by atoms with Crippen LogP contribution in [0.4, 0.5) is 0 Å². The number of thioether (sulfide) groups is 1. The van der Waals surface area contributed by atoms with E-state index in [1.807, 2.05) is 37.3 Å². The second-order valence-corrected chi connectivity index (χ2v) is 7.71. The van der Waals surface area contributed by atoms with Crippen LogP contribution >= 0.6 is 11.8 Å². The number of hydrogen-bond donors (Lipinski definition) is 1. The van der Waals surface area contributed by atoms with Gasteiger partial charge >= 0.3 is 0 Å². The summed E-state index contributed by atoms with van der Waals surface area (Å²) < 4.78 is 1.69. The molecule has 0 spiro atoms. The predicted molar refractivity (Wildman–Crippen MR) is 112 cm³/mol. The number of carbonyl (C=O) groups is 1. The van der Waals surface area contributed by atoms with Gasteiger partial charge in [0.25, 0.3) is 0 Å². The highest BCUT2D eigenvalue weighted by Crippen LogP contribution is 2.22. The van der Waals surface area contributed by atoms with E-state index < -0.39 is 0 Å². The molecular weight excluding hydrogens is 370 g/mol. The molecule has 0 bridgehead atoms. The van der Waals surface area contributed by atoms with Crippen molar-refractivity contribution in [1.29, 1.82) is 0 Å². The first-order valence-electron chi connectivity index (χ1n) is 9.39. The molecule has 0 radical (unpaired) electrons. The molecule has 1 heterocycles. The van der Waals surface area contributed by atoms with Gasteiger partial charge in [-0.3, -0.25) is 4.79 Å². The zero-order valence-electron chi connectivity index (χ0n) is 16.4. The number of carbonyl (C=O) groups excluding carboxylic acids is 1. The van der Waals surface area contributed by atoms with E-state index in [2.05, 4.69) is 52.9 Å². The van der Waals surface area contributed by atoms with Gasteiger partial charge in [0.1, 0.15) is 0 Å². The van der Waals surface area contributed by atoms with Crippen LogP contribution in [0.2, 0.25) is 0 Å². The SMILES string of the molecule is CCC(CNC(=O)CSc1nnnn1-c1ccc(C)cc1C)c1ccccc1. The van der Waals surface area contributed by atoms with Gasteiger partial charge in [0.05, 0.1) is 11.4 Å². The molecule has 2 aromatic carbocycles. The quantitative estimate of drug-likeness (QED) is 0.589. The average Bonchev–Trinajstić information content (AvgIpc) is 3.16. The van der Waals surface area contributed by atoms with Gasteiger partial charge in [-0.05, 0) is 47.9 Å². The summed E-state index contributed by atoms with van der Waals surface area (Å²) in [5.41, 5.74) is 4.45. The summed E-state index contributed by atoms with van der Waals surface area (Å²) in [5.74, 6) is 0.571. The fourth-order valence-corrected chi connectivity index (χ4v) is 3.82. The monoisotopic (exact) mass is 395 g/mol. The number of nitrogens with one attached hydrogen (secondary N) is 1. The van der Waals surface area contributed by atoms with Crippen LogP contribution in [0.25, 0.3) is 5.69 Å². The van der Waals surface area contributed by atoms with Crippen molar-refractivity contribution in [2.75, 3.05) is 12.3 Å². The number of rotatable bonds is 8. The first-order chi connectivity index (χ1) is 13.6. The van der Waals surface area contributed by atoms with Crippen LogP contribution in [0.1, 0.15) is 36.0 Å². The molecule has 0 aliphatic heterocycles. The molecule has 1 aromatic heterocycles. The number of hydrogen-bond acceptors (Lipinski definition) is 5. The third-order valence-corrected chi connectivity index (χ3v) is 5.58. The highest BCUT2D eigenvalue weighted by molar-refractivity contribution is 7.99. The van der Waals surface area contributed by atoms with Gasteiger partial charge in [-0.25, -0.2) is 0 Å². The van der Waals surface area contributed by atoms with Crippen LogP contribution in [0.5, 0.6) is 0 Å². The smallest absolute Gasteiger partial charge is 0.230 e. The Morgan fingerprint density at radius 2 is 1.96 bits per heavy atom. The molecule has 1 amide bonds. The van der Waals surface area contributed by atoms with E-state index in [-0.39, 0.29) is 11.7 Å². The van der Waals surface area contributed by atoms with Crippen molar-refractivity contribution >= 4 is 17.7 Å². The Morgan fingerprint density at radius 3 is 2.68 bits per heavy atom. The van der Waals surface area contributed by atoms with Gasteiger partial charge in [-0.1, -0.05) is 66.7 Å². The molecule has 0 aliphatic carbocycles. The van der Waals surface area contributed by atoms with Gasteiger partial charge in [-0.15, -0.1) is 5.10 Å². The van der Waals surface area contributed by atoms with Crippen molar-refractivity contribution in [3.05, 3.63) is 65.2 Å². The number of nitrogens with zero attached hydrogens (tertiary/aromatic N) is 4. The summed E-state index contributed by atoms with van der Waals surface area (Å²) in [4.78, 5) is 12.3. The van der Waals surface area contributed by atoms with Gasteiger partial charge in [0.2, 0.25) is 11.1 Å². The molecule has 0 fully saturated rings. The van der Waals surface area contributed by atoms with E-state index in [9.17, 15) is 4.79 Å². The lowest BCUT2D eigenvalue weighted by Crippen LogP contribution is -2.29. The highest BCUT2D eigenvalue weighted by atomic mass is 32.2. The van der Waals surface area contributed by atoms with Crippen LogP contribution < -0.4 is 5.32 Å². The Bertz CT molecular complexity index is 926. The Balaban J connectivity index is 1.58. The summed E-state index contributed by atoms with van der Waals surface area (Å²) in [6, 6.07) is 16.4. The van der Waals surface area contributed by atoms with Gasteiger partial charge in [-0.2, -0.15) is 4.68 Å². The molecule has 6 nitrogen and oxygen atoms in total. The molecule has 0 aliphatic rings. The molecule has 0 saturated carbocycles. The normalized spacial score (nSPS) is 12.0. The van der Waals surface area contributed by atoms with Crippen LogP contribution in [0, 0.1) is 13.8 Å². The first kappa shape index (κ1) is 20.1. The average molecular weight is 396 g/mol. The summed E-state index contributed by atoms with van der Waals surface area (Å²) in [7, 11) is 0. The number of aryl methyl sites for hydroxylation is 2. The maximum atomic E-state index is 12.3. The third-order valence-electron chi connectivity index (χ3n) is 4.66. The van der Waals surface area contributed by atoms with E-state index in [0.29, 0.717) is 17.6 Å². The second-order valence-electron chi connectivity index (χ2n) is 6.77. The molecule has 0 saturated heterocycles. The van der Waals surface area contributed by atoms with E-state index in [4.69, 9.17) is 0 Å². The van der Waals surface area contributed by atoms with Crippen molar-refractivity contribution in [3.63, 3.8) is 0 Å². The van der Waals surface area contributed by atoms with Crippen LogP contribution in [-0.2, 0) is 4.79 Å². The Hall–Kier alpha value is -2.67. The maximum Gasteiger partial charge on any atom is 0.230 e. The van der Waals surface area contributed by atoms with Crippen LogP contribution in [0.15, 0.2) is 53.7 Å². The molecule has 3 rings (SSSR count). The van der Waals surface area contributed by atoms with Crippen molar-refractivity contribution in [2.24, 2.45) is 0 Å². The molecule has 1 atom stereocenters. The number of aromatic nitrogens is 4. The van der Waals surface area contributed by atoms with Crippen molar-refractivity contribution in [2.45, 2.75) is 38.3 Å². The minimum atomic E-state index is -0.0189. The molecule has 146 valence electrons. The zero-order chi connectivity index (χ0) is 19.9. The number of tetrazole rings is 1. The topological polar surface area (TPSA) is 72.7 Å². The lowest BCUT2D eigenvalue weighted by atomic mass is 9.96. The Labute approximate surface area is 169 Å². The fourth-order valence-electron chi connectivity index (χ4n) is 3.10. The Kier molecular flexibility index (Phi) is 6.81. The molecular formula is C21H25N5OS. The lowest BCUT2D eigenvalue weighted by molar-refractivity contribution is -0.118. The molecule has 28 heavy (non-hydrogen) atoms. The second kappa shape index (κ2) is 9.50. The number of benzene rings is 2. The van der Waals surface area contributed by atoms with Gasteiger partial charge in [0, 0.05) is 12.5 Å². The minimum Gasteiger partial charge on any atom is -0.355 e. The van der Waals surface area contributed by atoms with Crippen LogP contribution in [-0.4, -0.2) is 38.4 Å². The third kappa shape index (κ3) is 4.98. The van der Waals surface area contributed by atoms with E-state index in [1.165, 1.54) is 22.9 Å². The van der Waals surface area contributed by atoms with Crippen molar-refractivity contribution in [1.82, 2.24) is 25.5 Å². The summed E-state index contributed by atoms with van der Waals surface area (Å²) in [6.07, 6.45) is 0.975. The standard InChI is InChI=1S/C21H25N5OS/c1-4-17(18-8-6-5-7-9-18)13-22-20(27)14-28-21-23-24-25-26(21)19-11-10-15(2)12-16(19)3/h5-12,17H,4,13-14H2,1-3H3,(H,22,27). The van der Waals surface area contributed by atoms with Crippen molar-refractivity contribution in [3.8, 4) is 5.69 Å². The Morgan fingerprint density at radius 1 is 1.18 bits per heavy atom. The predicted octanol–water partition coefficient (Wildman–Crippen LogP) is 3.68. The first-order valence-corrected chi connectivity index (χ1v) is 10.4. The lowest BCUT2D eigenvalue weighted by Gasteiger charge is -2.16. The van der Waals surface area contributed by atoms with Gasteiger partial charge in [0.15, 0.2) is 0 Å². The van der Waals surface area contributed by atoms with E-state index in [1.54, 1.807) is 4.68 Å². The summed E-state index contributed by atoms with van der Waals surface area (Å²) >= 11 is 1.34. The highest BCUT2D eigenvalue weighted by Gasteiger charge is 2.15. The van der Waals surface area contributed by atoms with Gasteiger partial charge < -0.3 is 5.32 Å². The van der Waals surface area contributed by atoms with E-state index in [0.717, 1.165) is 17.7 Å². The van der Waals surface area contributed by atoms with E-state index >= 15 is 0 Å². The molecule has 1 N–H and O–H groups in total. The minimum absolute atomic E-state index is 0.0189. The van der Waals surface area contributed by atoms with Crippen molar-refractivity contribution < 1.29 is 4.79 Å². The van der Waals surface area contributed by atoms with Crippen LogP contribution in [0.3, 0.4) is 0 Å². The maximum absolute atomic E-state index is 12.3. The summed E-state index contributed by atoms with van der Waals surface area (Å²) in [5, 5.41) is 15.6. The fraction of sp³-hybridized carbons (Fsp3) is 0.333. The molecule has 7 heteroatoms. The largest absolute Gasteiger partial charge is 0.355 e. The number of amides is 1. The molecule has 3 aromatic rings.